The Morgan fingerprint density at radius 3 is 1.07 bits per heavy atom. The average Bonchev–Trinajstić information content (AvgIpc) is 2.21. The molecule has 69 valence electrons. The molecule has 3 radical (unpaired) electrons. The summed E-state index contributed by atoms with van der Waals surface area (Å²) in [6.07, 6.45) is 0. The van der Waals surface area contributed by atoms with Gasteiger partial charge in [-0.3, -0.25) is 0 Å². The molecule has 2 N–H and O–H groups in total. The van der Waals surface area contributed by atoms with Crippen LogP contribution in [0.3, 0.4) is 0 Å². The van der Waals surface area contributed by atoms with Crippen LogP contribution in [0.15, 0.2) is 60.7 Å². The Kier molecular flexibility index (Phi) is 5.34. The van der Waals surface area contributed by atoms with E-state index in [0.717, 1.165) is 0 Å². The zero-order valence-corrected chi connectivity index (χ0v) is 7.85. The van der Waals surface area contributed by atoms with E-state index >= 15 is 0 Å². The normalized spacial score (nSPS) is 8.29. The molecular formula is C12H12BO. The molecule has 0 aliphatic rings. The van der Waals surface area contributed by atoms with Crippen molar-refractivity contribution in [3.05, 3.63) is 60.7 Å². The van der Waals surface area contributed by atoms with Crippen molar-refractivity contribution >= 4 is 8.41 Å². The van der Waals surface area contributed by atoms with Gasteiger partial charge in [-0.15, -0.1) is 0 Å². The first-order valence-corrected chi connectivity index (χ1v) is 4.07. The second-order valence-electron chi connectivity index (χ2n) is 2.73. The molecule has 0 aliphatic heterocycles. The van der Waals surface area contributed by atoms with Gasteiger partial charge in [0, 0.05) is 8.41 Å². The van der Waals surface area contributed by atoms with Crippen LogP contribution in [0.4, 0.5) is 0 Å². The van der Waals surface area contributed by atoms with Gasteiger partial charge < -0.3 is 5.48 Å². The Labute approximate surface area is 86.3 Å². The highest BCUT2D eigenvalue weighted by Crippen LogP contribution is 2.17. The van der Waals surface area contributed by atoms with Crippen molar-refractivity contribution in [3.63, 3.8) is 0 Å². The van der Waals surface area contributed by atoms with Crippen LogP contribution in [0.25, 0.3) is 11.1 Å². The van der Waals surface area contributed by atoms with E-state index in [0.29, 0.717) is 0 Å². The highest BCUT2D eigenvalue weighted by atomic mass is 16.0. The van der Waals surface area contributed by atoms with Crippen molar-refractivity contribution in [1.29, 1.82) is 0 Å². The first kappa shape index (κ1) is 12.5. The van der Waals surface area contributed by atoms with Crippen LogP contribution in [-0.2, 0) is 0 Å². The smallest absolute Gasteiger partial charge is 0 e. The molecule has 0 spiro atoms. The summed E-state index contributed by atoms with van der Waals surface area (Å²) < 4.78 is 0. The van der Waals surface area contributed by atoms with Gasteiger partial charge in [0.1, 0.15) is 0 Å². The summed E-state index contributed by atoms with van der Waals surface area (Å²) in [5, 5.41) is 0. The van der Waals surface area contributed by atoms with Crippen molar-refractivity contribution < 1.29 is 5.48 Å². The third kappa shape index (κ3) is 2.75. The summed E-state index contributed by atoms with van der Waals surface area (Å²) in [7, 11) is 0. The zero-order valence-electron chi connectivity index (χ0n) is 7.85. The predicted octanol–water partition coefficient (Wildman–Crippen LogP) is 2.15. The molecule has 1 nitrogen and oxygen atoms in total. The lowest BCUT2D eigenvalue weighted by molar-refractivity contribution is 0.824. The van der Waals surface area contributed by atoms with Gasteiger partial charge in [0.15, 0.2) is 0 Å². The summed E-state index contributed by atoms with van der Waals surface area (Å²) in [5.74, 6) is 0. The number of benzene rings is 2. The highest BCUT2D eigenvalue weighted by molar-refractivity contribution is 5.75. The molecule has 0 aliphatic carbocycles. The molecule has 0 saturated heterocycles. The van der Waals surface area contributed by atoms with Crippen LogP contribution in [0.2, 0.25) is 0 Å². The molecule has 2 aromatic carbocycles. The van der Waals surface area contributed by atoms with E-state index in [4.69, 9.17) is 0 Å². The van der Waals surface area contributed by atoms with E-state index < -0.39 is 0 Å². The molecule has 0 amide bonds. The molecule has 0 unspecified atom stereocenters. The average molecular weight is 183 g/mol. The molecular weight excluding hydrogens is 171 g/mol. The van der Waals surface area contributed by atoms with Crippen LogP contribution >= 0.6 is 0 Å². The first-order chi connectivity index (χ1) is 5.97. The van der Waals surface area contributed by atoms with Gasteiger partial charge >= 0.3 is 0 Å². The Bertz CT molecular complexity index is 308. The Balaban J connectivity index is 0.000000845. The molecule has 0 aromatic heterocycles. The largest absolute Gasteiger partial charge is 0.412 e. The molecule has 0 fully saturated rings. The number of rotatable bonds is 1. The van der Waals surface area contributed by atoms with Gasteiger partial charge in [-0.2, -0.15) is 0 Å². The summed E-state index contributed by atoms with van der Waals surface area (Å²) in [5.41, 5.74) is 2.55. The van der Waals surface area contributed by atoms with Gasteiger partial charge in [0.2, 0.25) is 0 Å². The molecule has 2 rings (SSSR count). The minimum Gasteiger partial charge on any atom is -0.412 e. The summed E-state index contributed by atoms with van der Waals surface area (Å²) >= 11 is 0. The van der Waals surface area contributed by atoms with Crippen molar-refractivity contribution in [2.24, 2.45) is 0 Å². The van der Waals surface area contributed by atoms with E-state index in [9.17, 15) is 0 Å². The van der Waals surface area contributed by atoms with Gasteiger partial charge in [0.25, 0.3) is 0 Å². The molecule has 0 bridgehead atoms. The number of hydrogen-bond acceptors (Lipinski definition) is 0. The maximum absolute atomic E-state index is 2.12. The Morgan fingerprint density at radius 1 is 0.500 bits per heavy atom. The van der Waals surface area contributed by atoms with Crippen LogP contribution in [0.5, 0.6) is 0 Å². The van der Waals surface area contributed by atoms with Crippen molar-refractivity contribution in [2.75, 3.05) is 0 Å². The molecule has 14 heavy (non-hydrogen) atoms. The fourth-order valence-electron chi connectivity index (χ4n) is 1.26. The number of hydrogen-bond donors (Lipinski definition) is 0. The standard InChI is InChI=1S/C12H10.B.H2O/c1-3-7-11(8-4-1)12-9-5-2-6-10-12;;/h1-10H;;1H2. The summed E-state index contributed by atoms with van der Waals surface area (Å²) in [4.78, 5) is 0. The molecule has 0 atom stereocenters. The van der Waals surface area contributed by atoms with Gasteiger partial charge in [-0.25, -0.2) is 0 Å². The Morgan fingerprint density at radius 2 is 0.786 bits per heavy atom. The van der Waals surface area contributed by atoms with Crippen LogP contribution in [0, 0.1) is 0 Å². The topological polar surface area (TPSA) is 31.5 Å². The van der Waals surface area contributed by atoms with Crippen LogP contribution < -0.4 is 0 Å². The lowest BCUT2D eigenvalue weighted by Gasteiger charge is -1.98. The quantitative estimate of drug-likeness (QED) is 0.606. The van der Waals surface area contributed by atoms with E-state index in [1.807, 2.05) is 12.1 Å². The van der Waals surface area contributed by atoms with Crippen LogP contribution in [-0.4, -0.2) is 13.9 Å². The van der Waals surface area contributed by atoms with E-state index in [1.54, 1.807) is 0 Å². The monoisotopic (exact) mass is 183 g/mol. The van der Waals surface area contributed by atoms with Gasteiger partial charge in [-0.05, 0) is 11.1 Å². The maximum atomic E-state index is 2.12. The SMILES string of the molecule is O.[B].c1ccc(-c2ccccc2)cc1. The third-order valence-corrected chi connectivity index (χ3v) is 1.88. The van der Waals surface area contributed by atoms with E-state index in [1.165, 1.54) is 11.1 Å². The summed E-state index contributed by atoms with van der Waals surface area (Å²) in [6.45, 7) is 0. The fraction of sp³-hybridized carbons (Fsp3) is 0. The van der Waals surface area contributed by atoms with E-state index in [-0.39, 0.29) is 13.9 Å². The summed E-state index contributed by atoms with van der Waals surface area (Å²) in [6, 6.07) is 20.8. The molecule has 0 heterocycles. The van der Waals surface area contributed by atoms with Crippen molar-refractivity contribution in [2.45, 2.75) is 0 Å². The minimum atomic E-state index is 0. The first-order valence-electron chi connectivity index (χ1n) is 4.07. The lowest BCUT2D eigenvalue weighted by Crippen LogP contribution is -1.73. The fourth-order valence-corrected chi connectivity index (χ4v) is 1.26. The van der Waals surface area contributed by atoms with Gasteiger partial charge in [-0.1, -0.05) is 60.7 Å². The maximum Gasteiger partial charge on any atom is 0 e. The van der Waals surface area contributed by atoms with E-state index in [2.05, 4.69) is 48.5 Å². The van der Waals surface area contributed by atoms with Crippen molar-refractivity contribution in [3.8, 4) is 11.1 Å². The second kappa shape index (κ2) is 6.00. The predicted molar refractivity (Wildman–Crippen MR) is 61.2 cm³/mol. The molecule has 2 aromatic rings. The zero-order chi connectivity index (χ0) is 8.23. The Hall–Kier alpha value is -1.54. The molecule has 0 saturated carbocycles. The second-order valence-corrected chi connectivity index (χ2v) is 2.73. The highest BCUT2D eigenvalue weighted by Gasteiger charge is 1.91. The molecule has 2 heteroatoms. The van der Waals surface area contributed by atoms with Gasteiger partial charge in [0.05, 0.1) is 0 Å². The van der Waals surface area contributed by atoms with Crippen LogP contribution in [0.1, 0.15) is 0 Å². The lowest BCUT2D eigenvalue weighted by atomic mass is 10.1. The van der Waals surface area contributed by atoms with Crippen molar-refractivity contribution in [1.82, 2.24) is 0 Å². The third-order valence-electron chi connectivity index (χ3n) is 1.88. The minimum absolute atomic E-state index is 0.